The van der Waals surface area contributed by atoms with Crippen molar-refractivity contribution in [2.75, 3.05) is 17.2 Å². The van der Waals surface area contributed by atoms with Crippen molar-refractivity contribution in [2.45, 2.75) is 6.92 Å². The van der Waals surface area contributed by atoms with Crippen molar-refractivity contribution in [2.24, 2.45) is 0 Å². The van der Waals surface area contributed by atoms with Gasteiger partial charge in [-0.2, -0.15) is 0 Å². The van der Waals surface area contributed by atoms with E-state index in [4.69, 9.17) is 16.3 Å². The molecule has 0 saturated heterocycles. The van der Waals surface area contributed by atoms with Gasteiger partial charge in [-0.25, -0.2) is 4.98 Å². The maximum Gasteiger partial charge on any atom is 0.262 e. The second-order valence-corrected chi connectivity index (χ2v) is 6.38. The summed E-state index contributed by atoms with van der Waals surface area (Å²) in [4.78, 5) is 28.1. The van der Waals surface area contributed by atoms with Crippen LogP contribution in [-0.2, 0) is 4.79 Å². The number of aromatic nitrogens is 1. The molecule has 0 saturated carbocycles. The number of aryl methyl sites for hydroxylation is 1. The van der Waals surface area contributed by atoms with Gasteiger partial charge in [-0.05, 0) is 55.5 Å². The Kier molecular flexibility index (Phi) is 6.24. The number of ether oxygens (including phenoxy) is 1. The minimum atomic E-state index is -0.355. The van der Waals surface area contributed by atoms with E-state index in [1.165, 1.54) is 6.20 Å². The van der Waals surface area contributed by atoms with E-state index in [-0.39, 0.29) is 23.6 Å². The van der Waals surface area contributed by atoms with Gasteiger partial charge >= 0.3 is 0 Å². The summed E-state index contributed by atoms with van der Waals surface area (Å²) in [5.74, 6) is -0.0437. The Labute approximate surface area is 167 Å². The third kappa shape index (κ3) is 5.31. The smallest absolute Gasteiger partial charge is 0.262 e. The molecule has 28 heavy (non-hydrogen) atoms. The van der Waals surface area contributed by atoms with E-state index in [2.05, 4.69) is 15.6 Å². The number of benzene rings is 2. The van der Waals surface area contributed by atoms with Crippen LogP contribution in [0.15, 0.2) is 66.9 Å². The molecule has 0 unspecified atom stereocenters. The average molecular weight is 396 g/mol. The Morgan fingerprint density at radius 3 is 2.54 bits per heavy atom. The Morgan fingerprint density at radius 2 is 1.82 bits per heavy atom. The molecular weight excluding hydrogens is 378 g/mol. The van der Waals surface area contributed by atoms with Crippen molar-refractivity contribution < 1.29 is 14.3 Å². The number of carbonyl (C=O) groups excluding carboxylic acids is 2. The molecule has 0 radical (unpaired) electrons. The summed E-state index contributed by atoms with van der Waals surface area (Å²) in [5.41, 5.74) is 2.66. The van der Waals surface area contributed by atoms with E-state index < -0.39 is 0 Å². The fourth-order valence-electron chi connectivity index (χ4n) is 2.44. The van der Waals surface area contributed by atoms with Crippen LogP contribution in [0.4, 0.5) is 11.4 Å². The molecule has 6 nitrogen and oxygen atoms in total. The first kappa shape index (κ1) is 19.4. The molecule has 0 aliphatic heterocycles. The van der Waals surface area contributed by atoms with Gasteiger partial charge in [0.1, 0.15) is 5.75 Å². The standard InChI is InChI=1S/C21H18ClN3O3/c1-14-4-2-5-15(12-14)21(27)24-16-7-9-17(10-8-16)28-13-19(26)25-18-6-3-11-23-20(18)22/h2-12H,13H2,1H3,(H,24,27)(H,25,26). The zero-order valence-electron chi connectivity index (χ0n) is 15.1. The number of hydrogen-bond donors (Lipinski definition) is 2. The number of amides is 2. The molecule has 7 heteroatoms. The lowest BCUT2D eigenvalue weighted by molar-refractivity contribution is -0.118. The number of nitrogens with one attached hydrogen (secondary N) is 2. The van der Waals surface area contributed by atoms with Crippen molar-refractivity contribution in [1.29, 1.82) is 0 Å². The Morgan fingerprint density at radius 1 is 1.04 bits per heavy atom. The quantitative estimate of drug-likeness (QED) is 0.609. The number of rotatable bonds is 6. The number of pyridine rings is 1. The first-order chi connectivity index (χ1) is 13.5. The lowest BCUT2D eigenvalue weighted by Gasteiger charge is -2.09. The lowest BCUT2D eigenvalue weighted by atomic mass is 10.1. The number of carbonyl (C=O) groups is 2. The topological polar surface area (TPSA) is 80.3 Å². The summed E-state index contributed by atoms with van der Waals surface area (Å²) >= 11 is 5.90. The summed E-state index contributed by atoms with van der Waals surface area (Å²) in [5, 5.41) is 5.66. The van der Waals surface area contributed by atoms with Crippen LogP contribution in [0.1, 0.15) is 15.9 Å². The lowest BCUT2D eigenvalue weighted by Crippen LogP contribution is -2.20. The summed E-state index contributed by atoms with van der Waals surface area (Å²) in [7, 11) is 0. The summed E-state index contributed by atoms with van der Waals surface area (Å²) in [6.07, 6.45) is 1.54. The molecule has 0 aliphatic carbocycles. The second kappa shape index (κ2) is 9.01. The van der Waals surface area contributed by atoms with Crippen LogP contribution in [0.25, 0.3) is 0 Å². The minimum absolute atomic E-state index is 0.180. The van der Waals surface area contributed by atoms with Crippen molar-refractivity contribution in [3.63, 3.8) is 0 Å². The van der Waals surface area contributed by atoms with Crippen molar-refractivity contribution in [3.05, 3.63) is 83.1 Å². The van der Waals surface area contributed by atoms with Crippen LogP contribution in [0.2, 0.25) is 5.15 Å². The van der Waals surface area contributed by atoms with Crippen LogP contribution in [-0.4, -0.2) is 23.4 Å². The molecule has 2 N–H and O–H groups in total. The van der Waals surface area contributed by atoms with Crippen LogP contribution in [0.5, 0.6) is 5.75 Å². The monoisotopic (exact) mass is 395 g/mol. The minimum Gasteiger partial charge on any atom is -0.484 e. The third-order valence-corrected chi connectivity index (χ3v) is 4.10. The third-order valence-electron chi connectivity index (χ3n) is 3.80. The zero-order valence-corrected chi connectivity index (χ0v) is 15.9. The van der Waals surface area contributed by atoms with E-state index in [1.54, 1.807) is 42.5 Å². The molecule has 0 fully saturated rings. The molecule has 142 valence electrons. The first-order valence-corrected chi connectivity index (χ1v) is 8.90. The molecule has 3 rings (SSSR count). The summed E-state index contributed by atoms with van der Waals surface area (Å²) < 4.78 is 5.45. The maximum atomic E-state index is 12.3. The predicted octanol–water partition coefficient (Wildman–Crippen LogP) is 4.31. The van der Waals surface area contributed by atoms with E-state index in [0.717, 1.165) is 5.56 Å². The van der Waals surface area contributed by atoms with Gasteiger partial charge in [0.25, 0.3) is 11.8 Å². The van der Waals surface area contributed by atoms with E-state index in [9.17, 15) is 9.59 Å². The second-order valence-electron chi connectivity index (χ2n) is 6.03. The SMILES string of the molecule is Cc1cccc(C(=O)Nc2ccc(OCC(=O)Nc3cccnc3Cl)cc2)c1. The van der Waals surface area contributed by atoms with Crippen molar-refractivity contribution in [1.82, 2.24) is 4.98 Å². The van der Waals surface area contributed by atoms with Gasteiger partial charge in [-0.1, -0.05) is 29.3 Å². The van der Waals surface area contributed by atoms with Crippen molar-refractivity contribution in [3.8, 4) is 5.75 Å². The zero-order chi connectivity index (χ0) is 19.9. The van der Waals surface area contributed by atoms with Gasteiger partial charge < -0.3 is 15.4 Å². The highest BCUT2D eigenvalue weighted by Gasteiger charge is 2.08. The van der Waals surface area contributed by atoms with Gasteiger partial charge in [-0.3, -0.25) is 9.59 Å². The van der Waals surface area contributed by atoms with E-state index in [1.807, 2.05) is 25.1 Å². The number of anilines is 2. The molecule has 1 aromatic heterocycles. The van der Waals surface area contributed by atoms with Gasteiger partial charge in [-0.15, -0.1) is 0 Å². The van der Waals surface area contributed by atoms with Gasteiger partial charge in [0.15, 0.2) is 11.8 Å². The Hall–Kier alpha value is -3.38. The molecule has 0 atom stereocenters. The highest BCUT2D eigenvalue weighted by molar-refractivity contribution is 6.32. The molecule has 1 heterocycles. The van der Waals surface area contributed by atoms with Crippen LogP contribution >= 0.6 is 11.6 Å². The highest BCUT2D eigenvalue weighted by atomic mass is 35.5. The molecule has 0 spiro atoms. The number of hydrogen-bond acceptors (Lipinski definition) is 4. The molecular formula is C21H18ClN3O3. The van der Waals surface area contributed by atoms with Crippen molar-refractivity contribution >= 4 is 34.8 Å². The number of nitrogens with zero attached hydrogens (tertiary/aromatic N) is 1. The molecule has 3 aromatic rings. The Balaban J connectivity index is 1.52. The maximum absolute atomic E-state index is 12.3. The normalized spacial score (nSPS) is 10.2. The molecule has 0 aliphatic rings. The highest BCUT2D eigenvalue weighted by Crippen LogP contribution is 2.19. The molecule has 0 bridgehead atoms. The van der Waals surface area contributed by atoms with Gasteiger partial charge in [0, 0.05) is 17.4 Å². The molecule has 2 amide bonds. The predicted molar refractivity (Wildman–Crippen MR) is 109 cm³/mol. The van der Waals surface area contributed by atoms with Gasteiger partial charge in [0.05, 0.1) is 5.69 Å². The van der Waals surface area contributed by atoms with Crippen LogP contribution in [0.3, 0.4) is 0 Å². The van der Waals surface area contributed by atoms with E-state index >= 15 is 0 Å². The van der Waals surface area contributed by atoms with Crippen LogP contribution < -0.4 is 15.4 Å². The fourth-order valence-corrected chi connectivity index (χ4v) is 2.61. The molecule has 2 aromatic carbocycles. The fraction of sp³-hybridized carbons (Fsp3) is 0.0952. The summed E-state index contributed by atoms with van der Waals surface area (Å²) in [6.45, 7) is 1.75. The van der Waals surface area contributed by atoms with Gasteiger partial charge in [0.2, 0.25) is 0 Å². The Bertz CT molecular complexity index is 990. The average Bonchev–Trinajstić information content (AvgIpc) is 2.69. The summed E-state index contributed by atoms with van der Waals surface area (Å²) in [6, 6.07) is 17.4. The van der Waals surface area contributed by atoms with Crippen LogP contribution in [0, 0.1) is 6.92 Å². The largest absolute Gasteiger partial charge is 0.484 e. The van der Waals surface area contributed by atoms with E-state index in [0.29, 0.717) is 22.7 Å². The first-order valence-electron chi connectivity index (χ1n) is 8.52. The number of halogens is 1.